The first-order chi connectivity index (χ1) is 16.7. The highest BCUT2D eigenvalue weighted by molar-refractivity contribution is 7.12. The first kappa shape index (κ1) is 25.1. The Balaban J connectivity index is 1.65. The molecule has 4 heteroatoms. The third-order valence-electron chi connectivity index (χ3n) is 7.01. The number of hydrogen-bond acceptors (Lipinski definition) is 4. The molecule has 2 aromatic rings. The van der Waals surface area contributed by atoms with Gasteiger partial charge in [-0.1, -0.05) is 76.7 Å². The second-order valence-electron chi connectivity index (χ2n) is 9.49. The van der Waals surface area contributed by atoms with Gasteiger partial charge in [-0.05, 0) is 74.5 Å². The Hall–Kier alpha value is -2.04. The van der Waals surface area contributed by atoms with Gasteiger partial charge < -0.3 is 10.6 Å². The summed E-state index contributed by atoms with van der Waals surface area (Å²) in [5.74, 6) is 0. The second kappa shape index (κ2) is 12.1. The van der Waals surface area contributed by atoms with Crippen molar-refractivity contribution >= 4 is 22.7 Å². The number of hydrogen-bond donors (Lipinski definition) is 2. The van der Waals surface area contributed by atoms with Crippen molar-refractivity contribution in [2.75, 3.05) is 0 Å². The molecule has 0 bridgehead atoms. The van der Waals surface area contributed by atoms with Gasteiger partial charge in [-0.15, -0.1) is 22.7 Å². The van der Waals surface area contributed by atoms with E-state index in [0.29, 0.717) is 0 Å². The zero-order valence-electron chi connectivity index (χ0n) is 20.8. The molecule has 0 aromatic carbocycles. The summed E-state index contributed by atoms with van der Waals surface area (Å²) >= 11 is 3.94. The molecule has 0 aliphatic carbocycles. The number of allylic oxidation sites excluding steroid dienone is 4. The van der Waals surface area contributed by atoms with Gasteiger partial charge >= 0.3 is 0 Å². The largest absolute Gasteiger partial charge is 0.375 e. The van der Waals surface area contributed by atoms with Gasteiger partial charge in [-0.25, -0.2) is 0 Å². The summed E-state index contributed by atoms with van der Waals surface area (Å²) in [6.07, 6.45) is 30.3. The van der Waals surface area contributed by atoms with Crippen LogP contribution in [-0.2, 0) is 23.9 Å². The molecule has 0 amide bonds. The minimum absolute atomic E-state index is 0.375. The van der Waals surface area contributed by atoms with Crippen LogP contribution in [0.15, 0.2) is 73.1 Å². The molecule has 34 heavy (non-hydrogen) atoms. The van der Waals surface area contributed by atoms with E-state index < -0.39 is 0 Å². The molecule has 2 aromatic heterocycles. The van der Waals surface area contributed by atoms with Crippen LogP contribution in [0.3, 0.4) is 0 Å². The smallest absolute Gasteiger partial charge is 0.122 e. The van der Waals surface area contributed by atoms with Crippen LogP contribution in [0.5, 0.6) is 0 Å². The van der Waals surface area contributed by atoms with Crippen molar-refractivity contribution in [1.29, 1.82) is 0 Å². The predicted octanol–water partition coefficient (Wildman–Crippen LogP) is 8.49. The molecular formula is C30H40N2S2. The quantitative estimate of drug-likeness (QED) is 0.274. The van der Waals surface area contributed by atoms with Crippen LogP contribution in [0.25, 0.3) is 0 Å². The molecule has 0 radical (unpaired) electrons. The van der Waals surface area contributed by atoms with Crippen LogP contribution in [0.4, 0.5) is 0 Å². The molecule has 0 saturated heterocycles. The van der Waals surface area contributed by atoms with E-state index in [4.69, 9.17) is 0 Å². The van der Waals surface area contributed by atoms with Crippen LogP contribution < -0.4 is 10.6 Å². The Morgan fingerprint density at radius 2 is 1.06 bits per heavy atom. The van der Waals surface area contributed by atoms with E-state index in [1.807, 2.05) is 22.7 Å². The van der Waals surface area contributed by atoms with Crippen LogP contribution in [0, 0.1) is 0 Å². The zero-order chi connectivity index (χ0) is 23.7. The summed E-state index contributed by atoms with van der Waals surface area (Å²) in [4.78, 5) is 5.71. The lowest BCUT2D eigenvalue weighted by atomic mass is 9.72. The fourth-order valence-electron chi connectivity index (χ4n) is 5.05. The highest BCUT2D eigenvalue weighted by atomic mass is 32.1. The van der Waals surface area contributed by atoms with Crippen LogP contribution >= 0.6 is 22.7 Å². The summed E-state index contributed by atoms with van der Waals surface area (Å²) < 4.78 is 0. The third-order valence-corrected chi connectivity index (χ3v) is 9.57. The molecule has 0 saturated carbocycles. The van der Waals surface area contributed by atoms with E-state index in [9.17, 15) is 0 Å². The fraction of sp³-hybridized carbons (Fsp3) is 0.467. The molecule has 2 aliphatic heterocycles. The fourth-order valence-corrected chi connectivity index (χ4v) is 7.55. The van der Waals surface area contributed by atoms with Gasteiger partial charge in [0.05, 0.1) is 0 Å². The summed E-state index contributed by atoms with van der Waals surface area (Å²) in [7, 11) is 0. The van der Waals surface area contributed by atoms with Crippen molar-refractivity contribution in [3.8, 4) is 0 Å². The molecule has 2 aliphatic rings. The third kappa shape index (κ3) is 5.28. The van der Waals surface area contributed by atoms with Gasteiger partial charge in [-0.3, -0.25) is 0 Å². The highest BCUT2D eigenvalue weighted by Crippen LogP contribution is 2.49. The minimum atomic E-state index is -0.375. The topological polar surface area (TPSA) is 24.1 Å². The first-order valence-corrected chi connectivity index (χ1v) is 14.8. The number of unbranched alkanes of at least 4 members (excludes halogenated alkanes) is 6. The average molecular weight is 493 g/mol. The number of thiophene rings is 2. The molecule has 182 valence electrons. The van der Waals surface area contributed by atoms with Gasteiger partial charge in [0.25, 0.3) is 0 Å². The number of aryl methyl sites for hydroxylation is 2. The Morgan fingerprint density at radius 1 is 0.588 bits per heavy atom. The first-order valence-electron chi connectivity index (χ1n) is 13.2. The molecule has 4 rings (SSSR count). The van der Waals surface area contributed by atoms with Crippen molar-refractivity contribution in [2.24, 2.45) is 0 Å². The number of nitrogens with one attached hydrogen (secondary N) is 2. The Bertz CT molecular complexity index is 942. The van der Waals surface area contributed by atoms with Crippen molar-refractivity contribution in [2.45, 2.75) is 89.1 Å². The summed E-state index contributed by atoms with van der Waals surface area (Å²) in [6, 6.07) is 9.41. The van der Waals surface area contributed by atoms with Crippen molar-refractivity contribution in [3.05, 3.63) is 92.6 Å². The summed E-state index contributed by atoms with van der Waals surface area (Å²) in [5.41, 5.74) is -0.751. The van der Waals surface area contributed by atoms with Crippen molar-refractivity contribution in [1.82, 2.24) is 10.6 Å². The van der Waals surface area contributed by atoms with Gasteiger partial charge in [-0.2, -0.15) is 0 Å². The van der Waals surface area contributed by atoms with E-state index in [1.165, 1.54) is 83.7 Å². The van der Waals surface area contributed by atoms with Crippen molar-refractivity contribution in [3.63, 3.8) is 0 Å². The van der Waals surface area contributed by atoms with E-state index in [1.54, 1.807) is 0 Å². The molecule has 2 N–H and O–H groups in total. The monoisotopic (exact) mass is 492 g/mol. The molecule has 4 heterocycles. The van der Waals surface area contributed by atoms with Crippen LogP contribution in [-0.4, -0.2) is 0 Å². The number of dihydropyridines is 2. The maximum atomic E-state index is 3.82. The molecule has 0 spiro atoms. The summed E-state index contributed by atoms with van der Waals surface area (Å²) in [6.45, 7) is 4.56. The second-order valence-corrected chi connectivity index (χ2v) is 11.8. The Labute approximate surface area is 214 Å². The van der Waals surface area contributed by atoms with Gasteiger partial charge in [0.1, 0.15) is 11.1 Å². The molecule has 2 atom stereocenters. The van der Waals surface area contributed by atoms with E-state index in [-0.39, 0.29) is 11.1 Å². The van der Waals surface area contributed by atoms with Crippen LogP contribution in [0.1, 0.15) is 84.7 Å². The average Bonchev–Trinajstić information content (AvgIpc) is 3.56. The van der Waals surface area contributed by atoms with Crippen molar-refractivity contribution < 1.29 is 0 Å². The lowest BCUT2D eigenvalue weighted by Crippen LogP contribution is -2.61. The standard InChI is InChI=1S/C30H40N2S2/c1-3-5-7-9-15-25-17-19-27(33-25)29(21-11-13-23-31-29)30(22-12-14-24-32-30)28-20-18-26(34-28)16-10-8-6-4-2/h11-14,17-24,31-32H,3-10,15-16H2,1-2H3. The highest BCUT2D eigenvalue weighted by Gasteiger charge is 2.52. The van der Waals surface area contributed by atoms with E-state index >= 15 is 0 Å². The van der Waals surface area contributed by atoms with E-state index in [2.05, 4.69) is 97.6 Å². The molecular weight excluding hydrogens is 452 g/mol. The zero-order valence-corrected chi connectivity index (χ0v) is 22.4. The normalized spacial score (nSPS) is 23.2. The predicted molar refractivity (Wildman–Crippen MR) is 151 cm³/mol. The Morgan fingerprint density at radius 3 is 1.44 bits per heavy atom. The van der Waals surface area contributed by atoms with E-state index in [0.717, 1.165) is 0 Å². The lowest BCUT2D eigenvalue weighted by Gasteiger charge is -2.48. The van der Waals surface area contributed by atoms with Gasteiger partial charge in [0.15, 0.2) is 0 Å². The molecule has 0 fully saturated rings. The SMILES string of the molecule is CCCCCCc1ccc(C2(C3(c4ccc(CCCCCC)s4)C=CC=CN3)C=CC=CN2)s1. The van der Waals surface area contributed by atoms with Crippen LogP contribution in [0.2, 0.25) is 0 Å². The number of rotatable bonds is 13. The van der Waals surface area contributed by atoms with Gasteiger partial charge in [0.2, 0.25) is 0 Å². The van der Waals surface area contributed by atoms with Gasteiger partial charge in [0, 0.05) is 19.5 Å². The maximum Gasteiger partial charge on any atom is 0.122 e. The molecule has 2 unspecified atom stereocenters. The maximum absolute atomic E-state index is 3.82. The summed E-state index contributed by atoms with van der Waals surface area (Å²) in [5, 5.41) is 7.64. The Kier molecular flexibility index (Phi) is 8.91. The lowest BCUT2D eigenvalue weighted by molar-refractivity contribution is 0.268. The minimum Gasteiger partial charge on any atom is -0.375 e. The molecule has 2 nitrogen and oxygen atoms in total.